The largest absolute Gasteiger partial charge is 0.383 e. The predicted molar refractivity (Wildman–Crippen MR) is 74.7 cm³/mol. The first-order chi connectivity index (χ1) is 8.56. The van der Waals surface area contributed by atoms with Gasteiger partial charge in [-0.15, -0.1) is 11.8 Å². The zero-order valence-electron chi connectivity index (χ0n) is 10.4. The highest BCUT2D eigenvalue weighted by Crippen LogP contribution is 2.22. The van der Waals surface area contributed by atoms with Gasteiger partial charge in [0.25, 0.3) is 5.56 Å². The minimum atomic E-state index is -0.164. The van der Waals surface area contributed by atoms with Crippen LogP contribution in [0, 0.1) is 13.8 Å². The van der Waals surface area contributed by atoms with Crippen LogP contribution in [0.1, 0.15) is 17.0 Å². The van der Waals surface area contributed by atoms with Crippen molar-refractivity contribution in [2.45, 2.75) is 24.5 Å². The number of rotatable bonds is 3. The van der Waals surface area contributed by atoms with Crippen molar-refractivity contribution in [3.05, 3.63) is 51.6 Å². The zero-order chi connectivity index (χ0) is 13.1. The molecular formula is C13H15N3OS. The lowest BCUT2D eigenvalue weighted by Gasteiger charge is -2.04. The van der Waals surface area contributed by atoms with E-state index in [1.54, 1.807) is 18.7 Å². The predicted octanol–water partition coefficient (Wildman–Crippen LogP) is 2.26. The first-order valence-corrected chi connectivity index (χ1v) is 6.59. The fourth-order valence-electron chi connectivity index (χ4n) is 1.52. The summed E-state index contributed by atoms with van der Waals surface area (Å²) in [5.41, 5.74) is 7.19. The van der Waals surface area contributed by atoms with Crippen LogP contribution in [0.25, 0.3) is 0 Å². The molecule has 1 aromatic carbocycles. The van der Waals surface area contributed by atoms with Crippen LogP contribution in [-0.4, -0.2) is 9.97 Å². The van der Waals surface area contributed by atoms with E-state index in [4.69, 9.17) is 5.73 Å². The Hall–Kier alpha value is -1.75. The Morgan fingerprint density at radius 3 is 2.83 bits per heavy atom. The molecule has 4 nitrogen and oxygen atoms in total. The van der Waals surface area contributed by atoms with Crippen molar-refractivity contribution < 1.29 is 0 Å². The summed E-state index contributed by atoms with van der Waals surface area (Å²) in [5, 5.41) is 0. The van der Waals surface area contributed by atoms with E-state index in [1.807, 2.05) is 25.1 Å². The third-order valence-electron chi connectivity index (χ3n) is 2.60. The lowest BCUT2D eigenvalue weighted by atomic mass is 10.2. The molecule has 0 amide bonds. The number of aryl methyl sites for hydroxylation is 1. The maximum absolute atomic E-state index is 11.5. The van der Waals surface area contributed by atoms with Crippen LogP contribution in [0.5, 0.6) is 0 Å². The third kappa shape index (κ3) is 2.92. The number of aromatic nitrogens is 2. The van der Waals surface area contributed by atoms with Crippen LogP contribution < -0.4 is 11.3 Å². The summed E-state index contributed by atoms with van der Waals surface area (Å²) in [4.78, 5) is 19.6. The van der Waals surface area contributed by atoms with Gasteiger partial charge >= 0.3 is 0 Å². The van der Waals surface area contributed by atoms with Crippen molar-refractivity contribution >= 4 is 17.6 Å². The molecule has 0 saturated carbocycles. The van der Waals surface area contributed by atoms with Gasteiger partial charge in [0.05, 0.1) is 11.3 Å². The van der Waals surface area contributed by atoms with Crippen LogP contribution in [-0.2, 0) is 5.75 Å². The number of hydrogen-bond acceptors (Lipinski definition) is 4. The third-order valence-corrected chi connectivity index (χ3v) is 3.61. The molecule has 0 saturated heterocycles. The summed E-state index contributed by atoms with van der Waals surface area (Å²) in [6, 6.07) is 8.19. The molecule has 0 radical (unpaired) electrons. The normalized spacial score (nSPS) is 10.6. The number of hydrogen-bond donors (Lipinski definition) is 2. The SMILES string of the molecule is Cc1cccc(SCc2nc(N)c(C)c(=O)[nH]2)c1. The van der Waals surface area contributed by atoms with Gasteiger partial charge in [-0.05, 0) is 26.0 Å². The summed E-state index contributed by atoms with van der Waals surface area (Å²) < 4.78 is 0. The Morgan fingerprint density at radius 1 is 1.39 bits per heavy atom. The van der Waals surface area contributed by atoms with E-state index in [0.29, 0.717) is 23.0 Å². The van der Waals surface area contributed by atoms with E-state index < -0.39 is 0 Å². The maximum Gasteiger partial charge on any atom is 0.255 e. The van der Waals surface area contributed by atoms with Gasteiger partial charge in [0, 0.05) is 4.90 Å². The molecule has 0 aliphatic rings. The van der Waals surface area contributed by atoms with Gasteiger partial charge in [-0.2, -0.15) is 0 Å². The van der Waals surface area contributed by atoms with Crippen LogP contribution in [0.3, 0.4) is 0 Å². The van der Waals surface area contributed by atoms with Crippen LogP contribution in [0.15, 0.2) is 34.0 Å². The van der Waals surface area contributed by atoms with Crippen LogP contribution in [0.4, 0.5) is 5.82 Å². The number of nitrogens with one attached hydrogen (secondary N) is 1. The molecule has 0 unspecified atom stereocenters. The second kappa shape index (κ2) is 5.27. The molecule has 5 heteroatoms. The smallest absolute Gasteiger partial charge is 0.255 e. The second-order valence-electron chi connectivity index (χ2n) is 4.13. The average molecular weight is 261 g/mol. The molecule has 0 atom stereocenters. The zero-order valence-corrected chi connectivity index (χ0v) is 11.2. The quantitative estimate of drug-likeness (QED) is 0.831. The monoisotopic (exact) mass is 261 g/mol. The van der Waals surface area contributed by atoms with E-state index >= 15 is 0 Å². The molecule has 18 heavy (non-hydrogen) atoms. The van der Waals surface area contributed by atoms with Gasteiger partial charge < -0.3 is 10.7 Å². The van der Waals surface area contributed by atoms with Gasteiger partial charge in [-0.25, -0.2) is 4.98 Å². The second-order valence-corrected chi connectivity index (χ2v) is 5.18. The number of nitrogens with zero attached hydrogens (tertiary/aromatic N) is 1. The molecule has 0 bridgehead atoms. The van der Waals surface area contributed by atoms with Crippen molar-refractivity contribution in [1.82, 2.24) is 9.97 Å². The molecule has 3 N–H and O–H groups in total. The number of nitrogens with two attached hydrogens (primary N) is 1. The Bertz CT molecular complexity index is 622. The van der Waals surface area contributed by atoms with Gasteiger partial charge in [-0.3, -0.25) is 4.79 Å². The molecule has 1 aromatic heterocycles. The Morgan fingerprint density at radius 2 is 2.17 bits per heavy atom. The molecule has 94 valence electrons. The minimum absolute atomic E-state index is 0.164. The highest BCUT2D eigenvalue weighted by Gasteiger charge is 2.05. The number of benzene rings is 1. The van der Waals surface area contributed by atoms with Gasteiger partial charge in [0.15, 0.2) is 0 Å². The first-order valence-electron chi connectivity index (χ1n) is 5.61. The van der Waals surface area contributed by atoms with Gasteiger partial charge in [-0.1, -0.05) is 17.7 Å². The van der Waals surface area contributed by atoms with E-state index in [1.165, 1.54) is 5.56 Å². The number of anilines is 1. The number of nitrogen functional groups attached to an aromatic ring is 1. The molecule has 2 aromatic rings. The summed E-state index contributed by atoms with van der Waals surface area (Å²) in [7, 11) is 0. The summed E-state index contributed by atoms with van der Waals surface area (Å²) in [5.74, 6) is 1.51. The molecule has 0 aliphatic heterocycles. The summed E-state index contributed by atoms with van der Waals surface area (Å²) >= 11 is 1.62. The van der Waals surface area contributed by atoms with Crippen molar-refractivity contribution in [2.24, 2.45) is 0 Å². The molecular weight excluding hydrogens is 246 g/mol. The van der Waals surface area contributed by atoms with Crippen LogP contribution >= 0.6 is 11.8 Å². The molecule has 0 fully saturated rings. The average Bonchev–Trinajstić information content (AvgIpc) is 2.33. The van der Waals surface area contributed by atoms with Crippen molar-refractivity contribution in [1.29, 1.82) is 0 Å². The highest BCUT2D eigenvalue weighted by atomic mass is 32.2. The van der Waals surface area contributed by atoms with E-state index in [0.717, 1.165) is 4.90 Å². The standard InChI is InChI=1S/C13H15N3OS/c1-8-4-3-5-10(6-8)18-7-11-15-12(14)9(2)13(17)16-11/h3-6H,7H2,1-2H3,(H3,14,15,16,17). The van der Waals surface area contributed by atoms with Crippen molar-refractivity contribution in [2.75, 3.05) is 5.73 Å². The lowest BCUT2D eigenvalue weighted by molar-refractivity contribution is 0.988. The summed E-state index contributed by atoms with van der Waals surface area (Å²) in [6.45, 7) is 3.71. The Labute approximate surface area is 110 Å². The topological polar surface area (TPSA) is 71.8 Å². The molecule has 1 heterocycles. The fraction of sp³-hybridized carbons (Fsp3) is 0.231. The summed E-state index contributed by atoms with van der Waals surface area (Å²) in [6.07, 6.45) is 0. The van der Waals surface area contributed by atoms with Crippen molar-refractivity contribution in [3.63, 3.8) is 0 Å². The maximum atomic E-state index is 11.5. The Kier molecular flexibility index (Phi) is 3.72. The Balaban J connectivity index is 2.14. The number of H-pyrrole nitrogens is 1. The molecule has 0 aliphatic carbocycles. The van der Waals surface area contributed by atoms with E-state index in [2.05, 4.69) is 16.0 Å². The fourth-order valence-corrected chi connectivity index (χ4v) is 2.41. The molecule has 0 spiro atoms. The van der Waals surface area contributed by atoms with E-state index in [9.17, 15) is 4.79 Å². The van der Waals surface area contributed by atoms with Gasteiger partial charge in [0.2, 0.25) is 0 Å². The number of thioether (sulfide) groups is 1. The van der Waals surface area contributed by atoms with Crippen molar-refractivity contribution in [3.8, 4) is 0 Å². The number of aromatic amines is 1. The minimum Gasteiger partial charge on any atom is -0.383 e. The van der Waals surface area contributed by atoms with E-state index in [-0.39, 0.29) is 5.56 Å². The highest BCUT2D eigenvalue weighted by molar-refractivity contribution is 7.98. The molecule has 2 rings (SSSR count). The first kappa shape index (κ1) is 12.7. The van der Waals surface area contributed by atoms with Gasteiger partial charge in [0.1, 0.15) is 11.6 Å². The van der Waals surface area contributed by atoms with Crippen LogP contribution in [0.2, 0.25) is 0 Å². The lowest BCUT2D eigenvalue weighted by Crippen LogP contribution is -2.16.